The molecule has 0 atom stereocenters. The molecule has 1 heterocycles. The monoisotopic (exact) mass is 237 g/mol. The van der Waals surface area contributed by atoms with Crippen molar-refractivity contribution in [2.45, 2.75) is 0 Å². The van der Waals surface area contributed by atoms with E-state index in [-0.39, 0.29) is 0 Å². The van der Waals surface area contributed by atoms with Crippen molar-refractivity contribution in [2.24, 2.45) is 4.99 Å². The standard InChI is InChI=1S/C8H4BrN3O/c9-8-6-2-1-5(10-4-13)3-7(6)11-12-8/h1-3H,(H,11,12). The molecule has 0 amide bonds. The Morgan fingerprint density at radius 1 is 1.54 bits per heavy atom. The molecule has 5 heteroatoms. The highest BCUT2D eigenvalue weighted by Gasteiger charge is 2.02. The van der Waals surface area contributed by atoms with Gasteiger partial charge in [0.05, 0.1) is 11.2 Å². The predicted molar refractivity (Wildman–Crippen MR) is 51.6 cm³/mol. The Kier molecular flexibility index (Phi) is 1.96. The molecule has 0 saturated heterocycles. The number of hydrogen-bond acceptors (Lipinski definition) is 3. The summed E-state index contributed by atoms with van der Waals surface area (Å²) in [5.74, 6) is 0. The number of halogens is 1. The van der Waals surface area contributed by atoms with Gasteiger partial charge in [0, 0.05) is 5.39 Å². The van der Waals surface area contributed by atoms with Crippen molar-refractivity contribution in [3.05, 3.63) is 22.8 Å². The lowest BCUT2D eigenvalue weighted by Gasteiger charge is -1.89. The maximum atomic E-state index is 9.99. The molecule has 0 bridgehead atoms. The van der Waals surface area contributed by atoms with Crippen molar-refractivity contribution in [1.29, 1.82) is 0 Å². The van der Waals surface area contributed by atoms with Crippen molar-refractivity contribution in [3.8, 4) is 0 Å². The number of isocyanates is 1. The molecule has 2 rings (SSSR count). The molecule has 4 nitrogen and oxygen atoms in total. The Bertz CT molecular complexity index is 499. The molecule has 0 aliphatic carbocycles. The molecule has 0 unspecified atom stereocenters. The van der Waals surface area contributed by atoms with Crippen LogP contribution in [0.25, 0.3) is 10.9 Å². The summed E-state index contributed by atoms with van der Waals surface area (Å²) in [5.41, 5.74) is 1.32. The number of carbonyl (C=O) groups excluding carboxylic acids is 1. The Labute approximate surface area is 81.8 Å². The van der Waals surface area contributed by atoms with E-state index in [1.54, 1.807) is 12.1 Å². The minimum Gasteiger partial charge on any atom is -0.270 e. The lowest BCUT2D eigenvalue weighted by molar-refractivity contribution is 0.565. The van der Waals surface area contributed by atoms with E-state index in [0.717, 1.165) is 15.5 Å². The van der Waals surface area contributed by atoms with Crippen LogP contribution in [0.4, 0.5) is 5.69 Å². The van der Waals surface area contributed by atoms with Gasteiger partial charge in [-0.2, -0.15) is 10.1 Å². The largest absolute Gasteiger partial charge is 0.270 e. The third kappa shape index (κ3) is 1.39. The van der Waals surface area contributed by atoms with Gasteiger partial charge < -0.3 is 0 Å². The molecule has 13 heavy (non-hydrogen) atoms. The number of benzene rings is 1. The Hall–Kier alpha value is -1.45. The summed E-state index contributed by atoms with van der Waals surface area (Å²) in [6, 6.07) is 5.27. The molecule has 2 aromatic rings. The zero-order valence-electron chi connectivity index (χ0n) is 6.41. The fraction of sp³-hybridized carbons (Fsp3) is 0. The fourth-order valence-electron chi connectivity index (χ4n) is 1.09. The van der Waals surface area contributed by atoms with E-state index in [1.807, 2.05) is 6.07 Å². The summed E-state index contributed by atoms with van der Waals surface area (Å²) in [6.45, 7) is 0. The predicted octanol–water partition coefficient (Wildman–Crippen LogP) is 2.29. The van der Waals surface area contributed by atoms with Gasteiger partial charge in [0.2, 0.25) is 6.08 Å². The molecular formula is C8H4BrN3O. The van der Waals surface area contributed by atoms with Crippen LogP contribution in [0.5, 0.6) is 0 Å². The van der Waals surface area contributed by atoms with Gasteiger partial charge >= 0.3 is 0 Å². The molecule has 0 spiro atoms. The highest BCUT2D eigenvalue weighted by atomic mass is 79.9. The number of aromatic amines is 1. The average Bonchev–Trinajstić information content (AvgIpc) is 2.48. The van der Waals surface area contributed by atoms with Crippen LogP contribution < -0.4 is 0 Å². The van der Waals surface area contributed by atoms with Crippen LogP contribution in [0.15, 0.2) is 27.8 Å². The lowest BCUT2D eigenvalue weighted by Crippen LogP contribution is -1.68. The molecule has 0 aliphatic heterocycles. The Morgan fingerprint density at radius 3 is 3.15 bits per heavy atom. The van der Waals surface area contributed by atoms with Gasteiger partial charge in [-0.25, -0.2) is 4.79 Å². The fourth-order valence-corrected chi connectivity index (χ4v) is 1.51. The van der Waals surface area contributed by atoms with Crippen LogP contribution in [-0.4, -0.2) is 16.3 Å². The van der Waals surface area contributed by atoms with Crippen molar-refractivity contribution in [3.63, 3.8) is 0 Å². The van der Waals surface area contributed by atoms with E-state index in [0.29, 0.717) is 5.69 Å². The first-order valence-electron chi connectivity index (χ1n) is 3.53. The molecule has 0 saturated carbocycles. The second-order valence-electron chi connectivity index (χ2n) is 2.44. The molecule has 0 fully saturated rings. The molecule has 0 aliphatic rings. The van der Waals surface area contributed by atoms with E-state index in [9.17, 15) is 4.79 Å². The maximum absolute atomic E-state index is 9.99. The van der Waals surface area contributed by atoms with E-state index < -0.39 is 0 Å². The number of hydrogen-bond donors (Lipinski definition) is 1. The van der Waals surface area contributed by atoms with Gasteiger partial charge in [0.1, 0.15) is 4.60 Å². The first-order valence-corrected chi connectivity index (χ1v) is 4.32. The van der Waals surface area contributed by atoms with Crippen LogP contribution in [0.2, 0.25) is 0 Å². The van der Waals surface area contributed by atoms with Crippen LogP contribution in [-0.2, 0) is 4.79 Å². The SMILES string of the molecule is O=C=Nc1ccc2c(Br)[nH]nc2c1. The molecular weight excluding hydrogens is 234 g/mol. The Balaban J connectivity index is 2.69. The first kappa shape index (κ1) is 8.16. The van der Waals surface area contributed by atoms with Gasteiger partial charge in [-0.15, -0.1) is 0 Å². The molecule has 1 aromatic carbocycles. The highest BCUT2D eigenvalue weighted by molar-refractivity contribution is 9.10. The minimum absolute atomic E-state index is 0.557. The third-order valence-corrected chi connectivity index (χ3v) is 2.27. The van der Waals surface area contributed by atoms with Crippen molar-refractivity contribution >= 4 is 38.6 Å². The minimum atomic E-state index is 0.557. The second kappa shape index (κ2) is 3.12. The van der Waals surface area contributed by atoms with E-state index >= 15 is 0 Å². The van der Waals surface area contributed by atoms with E-state index in [2.05, 4.69) is 31.1 Å². The number of nitrogens with one attached hydrogen (secondary N) is 1. The summed E-state index contributed by atoms with van der Waals surface area (Å²) < 4.78 is 0.823. The van der Waals surface area contributed by atoms with Crippen LogP contribution >= 0.6 is 15.9 Å². The maximum Gasteiger partial charge on any atom is 0.240 e. The van der Waals surface area contributed by atoms with Crippen LogP contribution in [0, 0.1) is 0 Å². The highest BCUT2D eigenvalue weighted by Crippen LogP contribution is 2.24. The smallest absolute Gasteiger partial charge is 0.240 e. The zero-order valence-corrected chi connectivity index (χ0v) is 8.00. The van der Waals surface area contributed by atoms with E-state index in [4.69, 9.17) is 0 Å². The van der Waals surface area contributed by atoms with Gasteiger partial charge in [0.25, 0.3) is 0 Å². The van der Waals surface area contributed by atoms with Crippen molar-refractivity contribution in [2.75, 3.05) is 0 Å². The number of rotatable bonds is 1. The molecule has 1 aromatic heterocycles. The van der Waals surface area contributed by atoms with Gasteiger partial charge in [-0.1, -0.05) is 0 Å². The summed E-state index contributed by atoms with van der Waals surface area (Å²) >= 11 is 3.30. The quantitative estimate of drug-likeness (QED) is 0.612. The number of fused-ring (bicyclic) bond motifs is 1. The third-order valence-electron chi connectivity index (χ3n) is 1.67. The lowest BCUT2D eigenvalue weighted by atomic mass is 10.2. The first-order chi connectivity index (χ1) is 6.31. The average molecular weight is 238 g/mol. The Morgan fingerprint density at radius 2 is 2.38 bits per heavy atom. The van der Waals surface area contributed by atoms with Gasteiger partial charge in [0.15, 0.2) is 0 Å². The van der Waals surface area contributed by atoms with Crippen LogP contribution in [0.3, 0.4) is 0 Å². The normalized spacial score (nSPS) is 9.92. The van der Waals surface area contributed by atoms with Crippen molar-refractivity contribution in [1.82, 2.24) is 10.2 Å². The number of nitrogens with zero attached hydrogens (tertiary/aromatic N) is 2. The van der Waals surface area contributed by atoms with E-state index in [1.165, 1.54) is 6.08 Å². The number of aliphatic imine (C=N–C) groups is 1. The summed E-state index contributed by atoms with van der Waals surface area (Å²) in [7, 11) is 0. The van der Waals surface area contributed by atoms with Gasteiger partial charge in [-0.05, 0) is 34.1 Å². The zero-order chi connectivity index (χ0) is 9.26. The number of aromatic nitrogens is 2. The molecule has 0 radical (unpaired) electrons. The summed E-state index contributed by atoms with van der Waals surface area (Å²) in [4.78, 5) is 13.5. The molecule has 64 valence electrons. The summed E-state index contributed by atoms with van der Waals surface area (Å²) in [5, 5.41) is 7.73. The van der Waals surface area contributed by atoms with Gasteiger partial charge in [-0.3, -0.25) is 5.10 Å². The topological polar surface area (TPSA) is 58.1 Å². The second-order valence-corrected chi connectivity index (χ2v) is 3.24. The van der Waals surface area contributed by atoms with Crippen molar-refractivity contribution < 1.29 is 4.79 Å². The molecule has 1 N–H and O–H groups in total. The van der Waals surface area contributed by atoms with Crippen LogP contribution in [0.1, 0.15) is 0 Å². The summed E-state index contributed by atoms with van der Waals surface area (Å²) in [6.07, 6.45) is 1.48. The number of H-pyrrole nitrogens is 1.